The lowest BCUT2D eigenvalue weighted by Crippen LogP contribution is -2.44. The summed E-state index contributed by atoms with van der Waals surface area (Å²) in [5, 5.41) is 6.08. The highest BCUT2D eigenvalue weighted by Crippen LogP contribution is 2.22. The van der Waals surface area contributed by atoms with Crippen molar-refractivity contribution in [3.63, 3.8) is 0 Å². The Morgan fingerprint density at radius 1 is 1.06 bits per heavy atom. The maximum atomic E-state index is 11.5. The van der Waals surface area contributed by atoms with Gasteiger partial charge < -0.3 is 25.0 Å². The molecule has 0 radical (unpaired) electrons. The first-order valence-electron chi connectivity index (χ1n) is 11.7. The van der Waals surface area contributed by atoms with Gasteiger partial charge in [-0.1, -0.05) is 24.8 Å². The van der Waals surface area contributed by atoms with Gasteiger partial charge in [-0.15, -0.1) is 0 Å². The Morgan fingerprint density at radius 2 is 1.80 bits per heavy atom. The monoisotopic (exact) mass is 472 g/mol. The van der Waals surface area contributed by atoms with E-state index in [0.29, 0.717) is 23.4 Å². The van der Waals surface area contributed by atoms with Crippen molar-refractivity contribution in [3.05, 3.63) is 66.9 Å². The number of hydrogen-bond acceptors (Lipinski definition) is 7. The summed E-state index contributed by atoms with van der Waals surface area (Å²) in [4.78, 5) is 30.1. The lowest BCUT2D eigenvalue weighted by Gasteiger charge is -2.33. The molecule has 182 valence electrons. The zero-order valence-corrected chi connectivity index (χ0v) is 20.5. The number of rotatable bonds is 8. The van der Waals surface area contributed by atoms with Gasteiger partial charge in [-0.3, -0.25) is 4.79 Å². The van der Waals surface area contributed by atoms with Crippen molar-refractivity contribution in [1.82, 2.24) is 24.4 Å². The van der Waals surface area contributed by atoms with E-state index < -0.39 is 0 Å². The van der Waals surface area contributed by atoms with Gasteiger partial charge in [0.15, 0.2) is 5.82 Å². The highest BCUT2D eigenvalue weighted by Gasteiger charge is 2.17. The lowest BCUT2D eigenvalue weighted by molar-refractivity contribution is -0.111. The van der Waals surface area contributed by atoms with Crippen LogP contribution in [0.15, 0.2) is 55.5 Å². The normalized spacial score (nSPS) is 14.5. The molecule has 1 aromatic carbocycles. The number of likely N-dealkylation sites (N-methyl/N-ethyl adjacent to an activating group) is 1. The molecule has 4 rings (SSSR count). The number of carbonyl (C=O) groups is 1. The molecule has 9 heteroatoms. The third-order valence-electron chi connectivity index (χ3n) is 5.80. The second-order valence-electron chi connectivity index (χ2n) is 8.83. The van der Waals surface area contributed by atoms with Crippen LogP contribution in [-0.4, -0.2) is 63.6 Å². The molecule has 0 saturated carbocycles. The van der Waals surface area contributed by atoms with E-state index in [1.54, 1.807) is 0 Å². The minimum Gasteiger partial charge on any atom is -0.354 e. The molecule has 1 aliphatic heterocycles. The fourth-order valence-corrected chi connectivity index (χ4v) is 3.65. The zero-order valence-electron chi connectivity index (χ0n) is 20.5. The fraction of sp³-hybridized carbons (Fsp3) is 0.308. The number of nitrogens with zero attached hydrogens (tertiary/aromatic N) is 6. The van der Waals surface area contributed by atoms with Crippen molar-refractivity contribution in [3.8, 4) is 0 Å². The van der Waals surface area contributed by atoms with Crippen LogP contribution in [0.1, 0.15) is 31.3 Å². The molecule has 35 heavy (non-hydrogen) atoms. The zero-order chi connectivity index (χ0) is 24.8. The minimum atomic E-state index is -0.235. The van der Waals surface area contributed by atoms with E-state index in [4.69, 9.17) is 9.97 Å². The molecule has 2 N–H and O–H groups in total. The molecule has 1 saturated heterocycles. The Kier molecular flexibility index (Phi) is 7.57. The number of carbonyl (C=O) groups excluding carboxylic acids is 1. The Hall–Kier alpha value is -3.98. The number of nitrogens with one attached hydrogen (secondary N) is 2. The second kappa shape index (κ2) is 11.0. The molecule has 0 atom stereocenters. The Balaban J connectivity index is 1.57. The van der Waals surface area contributed by atoms with Gasteiger partial charge in [-0.05, 0) is 50.7 Å². The van der Waals surface area contributed by atoms with Gasteiger partial charge in [0.2, 0.25) is 5.91 Å². The van der Waals surface area contributed by atoms with Crippen molar-refractivity contribution < 1.29 is 4.79 Å². The third kappa shape index (κ3) is 6.54. The van der Waals surface area contributed by atoms with Crippen LogP contribution < -0.4 is 15.5 Å². The van der Waals surface area contributed by atoms with E-state index >= 15 is 0 Å². The molecule has 1 fully saturated rings. The van der Waals surface area contributed by atoms with Gasteiger partial charge in [0.05, 0.1) is 6.33 Å². The first-order chi connectivity index (χ1) is 16.9. The summed E-state index contributed by atoms with van der Waals surface area (Å²) in [7, 11) is 2.14. The van der Waals surface area contributed by atoms with Crippen LogP contribution in [0.3, 0.4) is 0 Å². The summed E-state index contributed by atoms with van der Waals surface area (Å²) < 4.78 is 2.05. The van der Waals surface area contributed by atoms with Crippen LogP contribution in [0.4, 0.5) is 23.1 Å². The summed E-state index contributed by atoms with van der Waals surface area (Å²) in [6.07, 6.45) is 8.90. The van der Waals surface area contributed by atoms with Gasteiger partial charge in [-0.2, -0.15) is 0 Å². The van der Waals surface area contributed by atoms with Crippen molar-refractivity contribution in [1.29, 1.82) is 0 Å². The van der Waals surface area contributed by atoms with E-state index in [0.717, 1.165) is 43.4 Å². The molecule has 3 aromatic rings. The summed E-state index contributed by atoms with van der Waals surface area (Å²) in [5.41, 5.74) is 1.69. The molecule has 0 aliphatic carbocycles. The number of aromatic nitrogens is 4. The van der Waals surface area contributed by atoms with Gasteiger partial charge in [0.1, 0.15) is 17.5 Å². The molecule has 1 amide bonds. The molecule has 0 unspecified atom stereocenters. The molecule has 0 bridgehead atoms. The van der Waals surface area contributed by atoms with Crippen molar-refractivity contribution in [2.75, 3.05) is 48.8 Å². The van der Waals surface area contributed by atoms with E-state index in [-0.39, 0.29) is 5.91 Å². The summed E-state index contributed by atoms with van der Waals surface area (Å²) in [6, 6.07) is 9.86. The van der Waals surface area contributed by atoms with Crippen LogP contribution in [0, 0.1) is 0 Å². The van der Waals surface area contributed by atoms with Crippen LogP contribution in [-0.2, 0) is 4.79 Å². The molecule has 1 aliphatic rings. The van der Waals surface area contributed by atoms with E-state index in [2.05, 4.69) is 52.9 Å². The van der Waals surface area contributed by atoms with Gasteiger partial charge >= 0.3 is 0 Å². The van der Waals surface area contributed by atoms with Crippen molar-refractivity contribution in [2.24, 2.45) is 0 Å². The topological polar surface area (TPSA) is 91.2 Å². The number of amides is 1. The van der Waals surface area contributed by atoms with E-state index in [1.165, 1.54) is 6.08 Å². The maximum absolute atomic E-state index is 11.5. The van der Waals surface area contributed by atoms with Crippen LogP contribution in [0.25, 0.3) is 12.2 Å². The average Bonchev–Trinajstić information content (AvgIpc) is 3.33. The van der Waals surface area contributed by atoms with Crippen molar-refractivity contribution in [2.45, 2.75) is 19.9 Å². The average molecular weight is 473 g/mol. The van der Waals surface area contributed by atoms with Crippen LogP contribution in [0.5, 0.6) is 0 Å². The maximum Gasteiger partial charge on any atom is 0.247 e. The predicted octanol–water partition coefficient (Wildman–Crippen LogP) is 4.04. The van der Waals surface area contributed by atoms with Gasteiger partial charge in [0, 0.05) is 50.2 Å². The number of piperazine rings is 1. The largest absolute Gasteiger partial charge is 0.354 e. The van der Waals surface area contributed by atoms with Crippen molar-refractivity contribution >= 4 is 41.2 Å². The fourth-order valence-electron chi connectivity index (χ4n) is 3.65. The van der Waals surface area contributed by atoms with E-state index in [1.807, 2.05) is 59.6 Å². The standard InChI is InChI=1S/C26H32N8O/c1-5-26(35)28-21-9-6-20(7-10-21)8-11-22-29-23(30-24-17-34(18-27-24)19(2)3)16-25(31-22)33-14-12-32(4)13-15-33/h5-11,16-19H,1,12-15H2,2-4H3,(H,28,35)(H,29,30,31)/b11-8+. The number of hydrogen-bond donors (Lipinski definition) is 2. The molecular formula is C26H32N8O. The van der Waals surface area contributed by atoms with Gasteiger partial charge in [-0.25, -0.2) is 15.0 Å². The Labute approximate surface area is 206 Å². The smallest absolute Gasteiger partial charge is 0.247 e. The highest BCUT2D eigenvalue weighted by molar-refractivity contribution is 5.98. The van der Waals surface area contributed by atoms with Crippen LogP contribution >= 0.6 is 0 Å². The molecule has 0 spiro atoms. The number of benzene rings is 1. The molecular weight excluding hydrogens is 440 g/mol. The summed E-state index contributed by atoms with van der Waals surface area (Å²) >= 11 is 0. The number of anilines is 4. The quantitative estimate of drug-likeness (QED) is 0.478. The van der Waals surface area contributed by atoms with E-state index in [9.17, 15) is 4.79 Å². The highest BCUT2D eigenvalue weighted by atomic mass is 16.1. The van der Waals surface area contributed by atoms with Gasteiger partial charge in [0.25, 0.3) is 0 Å². The minimum absolute atomic E-state index is 0.235. The first kappa shape index (κ1) is 24.2. The predicted molar refractivity (Wildman–Crippen MR) is 142 cm³/mol. The molecule has 9 nitrogen and oxygen atoms in total. The SMILES string of the molecule is C=CC(=O)Nc1ccc(/C=C/c2nc(Nc3cn(C(C)C)cn3)cc(N3CCN(C)CC3)n2)cc1. The second-order valence-corrected chi connectivity index (χ2v) is 8.83. The summed E-state index contributed by atoms with van der Waals surface area (Å²) in [5.74, 6) is 2.71. The molecule has 3 heterocycles. The van der Waals surface area contributed by atoms with Crippen LogP contribution in [0.2, 0.25) is 0 Å². The Bertz CT molecular complexity index is 1190. The summed E-state index contributed by atoms with van der Waals surface area (Å²) in [6.45, 7) is 11.5. The number of imidazole rings is 1. The first-order valence-corrected chi connectivity index (χ1v) is 11.7. The molecule has 2 aromatic heterocycles. The third-order valence-corrected chi connectivity index (χ3v) is 5.80. The lowest BCUT2D eigenvalue weighted by atomic mass is 10.2. The Morgan fingerprint density at radius 3 is 2.46 bits per heavy atom.